The van der Waals surface area contributed by atoms with Gasteiger partial charge in [0.1, 0.15) is 0 Å². The molecule has 4 unspecified atom stereocenters. The molecule has 116 valence electrons. The lowest BCUT2D eigenvalue weighted by Crippen LogP contribution is -2.35. The average Bonchev–Trinajstić information content (AvgIpc) is 2.47. The second-order valence-corrected chi connectivity index (χ2v) is 5.42. The molecule has 0 heterocycles. The van der Waals surface area contributed by atoms with E-state index in [2.05, 4.69) is 58.1 Å². The van der Waals surface area contributed by atoms with Crippen LogP contribution < -0.4 is 0 Å². The average molecular weight is 280 g/mol. The van der Waals surface area contributed by atoms with Crippen LogP contribution in [-0.2, 0) is 9.47 Å². The van der Waals surface area contributed by atoms with Crippen molar-refractivity contribution in [3.05, 3.63) is 36.0 Å². The maximum absolute atomic E-state index is 5.67. The second-order valence-electron chi connectivity index (χ2n) is 5.42. The van der Waals surface area contributed by atoms with Crippen molar-refractivity contribution in [1.82, 2.24) is 0 Å². The molecular formula is C18H32O2. The van der Waals surface area contributed by atoms with E-state index in [-0.39, 0.29) is 12.2 Å². The standard InChI is InChI=1S/C18H32O2/c1-8-14(3)12-10-11-13-17(19-6)16(5)18(20-7)15(4)9-2/h8,10-13,15-18H,9H2,1-7H3/b12-10+,13-11+,14-8+. The summed E-state index contributed by atoms with van der Waals surface area (Å²) in [7, 11) is 3.55. The molecule has 2 nitrogen and oxygen atoms in total. The van der Waals surface area contributed by atoms with Gasteiger partial charge in [-0.2, -0.15) is 0 Å². The third kappa shape index (κ3) is 6.53. The summed E-state index contributed by atoms with van der Waals surface area (Å²) in [6, 6.07) is 0. The molecule has 0 aliphatic carbocycles. The van der Waals surface area contributed by atoms with Crippen molar-refractivity contribution in [3.63, 3.8) is 0 Å². The van der Waals surface area contributed by atoms with E-state index in [0.717, 1.165) is 6.42 Å². The first-order valence-electron chi connectivity index (χ1n) is 7.55. The van der Waals surface area contributed by atoms with Gasteiger partial charge >= 0.3 is 0 Å². The van der Waals surface area contributed by atoms with Crippen molar-refractivity contribution >= 4 is 0 Å². The number of ether oxygens (including phenoxy) is 2. The zero-order chi connectivity index (χ0) is 15.5. The highest BCUT2D eigenvalue weighted by Crippen LogP contribution is 2.24. The summed E-state index contributed by atoms with van der Waals surface area (Å²) in [4.78, 5) is 0. The Morgan fingerprint density at radius 1 is 1.10 bits per heavy atom. The molecule has 20 heavy (non-hydrogen) atoms. The van der Waals surface area contributed by atoms with Crippen LogP contribution in [0, 0.1) is 11.8 Å². The lowest BCUT2D eigenvalue weighted by Gasteiger charge is -2.31. The number of hydrogen-bond donors (Lipinski definition) is 0. The van der Waals surface area contributed by atoms with E-state index in [1.807, 2.05) is 6.92 Å². The Hall–Kier alpha value is -0.860. The van der Waals surface area contributed by atoms with Gasteiger partial charge in [0.25, 0.3) is 0 Å². The quantitative estimate of drug-likeness (QED) is 0.566. The smallest absolute Gasteiger partial charge is 0.0805 e. The monoisotopic (exact) mass is 280 g/mol. The minimum Gasteiger partial charge on any atom is -0.381 e. The van der Waals surface area contributed by atoms with Gasteiger partial charge in [0.15, 0.2) is 0 Å². The Morgan fingerprint density at radius 2 is 1.75 bits per heavy atom. The van der Waals surface area contributed by atoms with Crippen LogP contribution in [0.15, 0.2) is 36.0 Å². The summed E-state index contributed by atoms with van der Waals surface area (Å²) in [6.45, 7) is 10.8. The van der Waals surface area contributed by atoms with Crippen LogP contribution in [0.25, 0.3) is 0 Å². The fourth-order valence-corrected chi connectivity index (χ4v) is 2.33. The van der Waals surface area contributed by atoms with Crippen molar-refractivity contribution in [2.45, 2.75) is 53.2 Å². The molecule has 0 bridgehead atoms. The highest BCUT2D eigenvalue weighted by atomic mass is 16.5. The molecule has 0 amide bonds. The molecule has 0 spiro atoms. The Balaban J connectivity index is 4.73. The molecule has 0 N–H and O–H groups in total. The van der Waals surface area contributed by atoms with Crippen molar-refractivity contribution in [2.24, 2.45) is 11.8 Å². The zero-order valence-corrected chi connectivity index (χ0v) is 14.2. The Kier molecular flexibility index (Phi) is 10.4. The van der Waals surface area contributed by atoms with Crippen LogP contribution in [-0.4, -0.2) is 26.4 Å². The molecule has 0 aromatic carbocycles. The van der Waals surface area contributed by atoms with Gasteiger partial charge in [0.2, 0.25) is 0 Å². The minimum atomic E-state index is 0.0736. The molecule has 0 aromatic heterocycles. The summed E-state index contributed by atoms with van der Waals surface area (Å²) < 4.78 is 11.3. The third-order valence-corrected chi connectivity index (χ3v) is 4.01. The second kappa shape index (κ2) is 10.9. The summed E-state index contributed by atoms with van der Waals surface area (Å²) in [5.74, 6) is 0.856. The highest BCUT2D eigenvalue weighted by molar-refractivity contribution is 5.20. The fraction of sp³-hybridized carbons (Fsp3) is 0.667. The minimum absolute atomic E-state index is 0.0736. The molecule has 0 saturated heterocycles. The third-order valence-electron chi connectivity index (χ3n) is 4.01. The fourth-order valence-electron chi connectivity index (χ4n) is 2.33. The number of rotatable bonds is 9. The number of allylic oxidation sites excluding steroid dienone is 5. The van der Waals surface area contributed by atoms with Crippen molar-refractivity contribution in [3.8, 4) is 0 Å². The predicted octanol–water partition coefficient (Wildman–Crippen LogP) is 4.78. The normalized spacial score (nSPS) is 19.4. The molecule has 4 atom stereocenters. The first-order chi connectivity index (χ1) is 9.51. The van der Waals surface area contributed by atoms with Crippen LogP contribution in [0.3, 0.4) is 0 Å². The number of hydrogen-bond acceptors (Lipinski definition) is 2. The molecule has 0 rings (SSSR count). The Bertz CT molecular complexity index is 328. The largest absolute Gasteiger partial charge is 0.381 e. The Morgan fingerprint density at radius 3 is 2.20 bits per heavy atom. The van der Waals surface area contributed by atoms with E-state index in [4.69, 9.17) is 9.47 Å². The molecular weight excluding hydrogens is 248 g/mol. The Labute approximate surface area is 125 Å². The van der Waals surface area contributed by atoms with E-state index in [1.54, 1.807) is 14.2 Å². The van der Waals surface area contributed by atoms with Crippen LogP contribution in [0.4, 0.5) is 0 Å². The summed E-state index contributed by atoms with van der Waals surface area (Å²) >= 11 is 0. The summed E-state index contributed by atoms with van der Waals surface area (Å²) in [5.41, 5.74) is 1.26. The van der Waals surface area contributed by atoms with Gasteiger partial charge in [0.05, 0.1) is 12.2 Å². The first-order valence-corrected chi connectivity index (χ1v) is 7.55. The van der Waals surface area contributed by atoms with Crippen molar-refractivity contribution < 1.29 is 9.47 Å². The van der Waals surface area contributed by atoms with Gasteiger partial charge in [-0.1, -0.05) is 63.1 Å². The van der Waals surface area contributed by atoms with Crippen LogP contribution in [0.5, 0.6) is 0 Å². The van der Waals surface area contributed by atoms with Crippen LogP contribution >= 0.6 is 0 Å². The van der Waals surface area contributed by atoms with Crippen LogP contribution in [0.1, 0.15) is 41.0 Å². The molecule has 0 radical (unpaired) electrons. The molecule has 0 aliphatic rings. The summed E-state index contributed by atoms with van der Waals surface area (Å²) in [6.07, 6.45) is 11.8. The molecule has 0 fully saturated rings. The maximum atomic E-state index is 5.67. The topological polar surface area (TPSA) is 18.5 Å². The number of methoxy groups -OCH3 is 2. The van der Waals surface area contributed by atoms with E-state index < -0.39 is 0 Å². The van der Waals surface area contributed by atoms with Crippen LogP contribution in [0.2, 0.25) is 0 Å². The molecule has 0 saturated carbocycles. The lowest BCUT2D eigenvalue weighted by atomic mass is 9.87. The molecule has 0 aliphatic heterocycles. The van der Waals surface area contributed by atoms with E-state index in [1.165, 1.54) is 5.57 Å². The van der Waals surface area contributed by atoms with E-state index in [9.17, 15) is 0 Å². The molecule has 2 heteroatoms. The van der Waals surface area contributed by atoms with Crippen molar-refractivity contribution in [2.75, 3.05) is 14.2 Å². The van der Waals surface area contributed by atoms with Crippen molar-refractivity contribution in [1.29, 1.82) is 0 Å². The van der Waals surface area contributed by atoms with Gasteiger partial charge in [0, 0.05) is 20.1 Å². The lowest BCUT2D eigenvalue weighted by molar-refractivity contribution is -0.0332. The predicted molar refractivity (Wildman–Crippen MR) is 87.9 cm³/mol. The summed E-state index contributed by atoms with van der Waals surface area (Å²) in [5, 5.41) is 0. The highest BCUT2D eigenvalue weighted by Gasteiger charge is 2.27. The van der Waals surface area contributed by atoms with Gasteiger partial charge in [-0.05, 0) is 19.8 Å². The van der Waals surface area contributed by atoms with Gasteiger partial charge < -0.3 is 9.47 Å². The van der Waals surface area contributed by atoms with Gasteiger partial charge in [-0.3, -0.25) is 0 Å². The molecule has 0 aromatic rings. The van der Waals surface area contributed by atoms with E-state index >= 15 is 0 Å². The maximum Gasteiger partial charge on any atom is 0.0805 e. The van der Waals surface area contributed by atoms with E-state index in [0.29, 0.717) is 11.8 Å². The van der Waals surface area contributed by atoms with Gasteiger partial charge in [-0.25, -0.2) is 0 Å². The SMILES string of the molecule is C/C=C(C)/C=C/C=C/C(OC)C(C)C(OC)C(C)CC. The first kappa shape index (κ1) is 19.1. The van der Waals surface area contributed by atoms with Gasteiger partial charge in [-0.15, -0.1) is 0 Å². The zero-order valence-electron chi connectivity index (χ0n) is 14.2.